The number of anilines is 1. The van der Waals surface area contributed by atoms with Crippen LogP contribution >= 0.6 is 11.6 Å². The van der Waals surface area contributed by atoms with Crippen molar-refractivity contribution in [2.45, 2.75) is 26.9 Å². The molecule has 1 aromatic carbocycles. The van der Waals surface area contributed by atoms with Crippen molar-refractivity contribution in [1.82, 2.24) is 24.1 Å². The summed E-state index contributed by atoms with van der Waals surface area (Å²) in [6.07, 6.45) is 1.69. The summed E-state index contributed by atoms with van der Waals surface area (Å²) in [4.78, 5) is 26.1. The van der Waals surface area contributed by atoms with Gasteiger partial charge in [0.25, 0.3) is 0 Å². The van der Waals surface area contributed by atoms with E-state index in [0.717, 1.165) is 11.1 Å². The van der Waals surface area contributed by atoms with Crippen LogP contribution < -0.4 is 16.2 Å². The van der Waals surface area contributed by atoms with Gasteiger partial charge in [-0.1, -0.05) is 23.7 Å². The lowest BCUT2D eigenvalue weighted by molar-refractivity contribution is 0.406. The van der Waals surface area contributed by atoms with Gasteiger partial charge in [-0.3, -0.25) is 14.1 Å². The molecule has 0 atom stereocenters. The average Bonchev–Trinajstić information content (AvgIpc) is 2.96. The monoisotopic (exact) mass is 442 g/mol. The second kappa shape index (κ2) is 7.99. The Morgan fingerprint density at radius 3 is 2.68 bits per heavy atom. The van der Waals surface area contributed by atoms with Crippen molar-refractivity contribution in [2.24, 2.45) is 0 Å². The summed E-state index contributed by atoms with van der Waals surface area (Å²) in [5, 5.41) is 0.0425. The molecule has 0 unspecified atom stereocenters. The van der Waals surface area contributed by atoms with Crippen molar-refractivity contribution in [3.63, 3.8) is 0 Å². The first kappa shape index (κ1) is 20.8. The lowest BCUT2D eigenvalue weighted by Crippen LogP contribution is -2.26. The molecular weight excluding hydrogens is 423 g/mol. The minimum atomic E-state index is -0.396. The van der Waals surface area contributed by atoms with Gasteiger partial charge < -0.3 is 10.5 Å². The van der Waals surface area contributed by atoms with Gasteiger partial charge in [0.2, 0.25) is 5.95 Å². The van der Waals surface area contributed by atoms with Gasteiger partial charge in [-0.05, 0) is 31.5 Å². The molecule has 3 heterocycles. The van der Waals surface area contributed by atoms with Gasteiger partial charge in [-0.25, -0.2) is 9.18 Å². The van der Waals surface area contributed by atoms with Crippen molar-refractivity contribution in [1.29, 1.82) is 0 Å². The zero-order chi connectivity index (χ0) is 22.3. The summed E-state index contributed by atoms with van der Waals surface area (Å²) in [5.74, 6) is 0.251. The summed E-state index contributed by atoms with van der Waals surface area (Å²) < 4.78 is 22.0. The minimum absolute atomic E-state index is 0.0425. The Kier molecular flexibility index (Phi) is 5.36. The summed E-state index contributed by atoms with van der Waals surface area (Å²) in [7, 11) is 1.59. The fourth-order valence-electron chi connectivity index (χ4n) is 3.67. The molecule has 0 aliphatic carbocycles. The maximum Gasteiger partial charge on any atom is 0.331 e. The Morgan fingerprint density at radius 1 is 1.19 bits per heavy atom. The molecule has 0 radical (unpaired) electrons. The summed E-state index contributed by atoms with van der Waals surface area (Å²) in [6.45, 7) is 3.99. The van der Waals surface area contributed by atoms with Crippen molar-refractivity contribution >= 4 is 28.7 Å². The second-order valence-corrected chi connectivity index (χ2v) is 7.53. The third kappa shape index (κ3) is 3.72. The first-order valence-electron chi connectivity index (χ1n) is 9.45. The van der Waals surface area contributed by atoms with E-state index in [9.17, 15) is 9.18 Å². The van der Waals surface area contributed by atoms with E-state index >= 15 is 0 Å². The Balaban J connectivity index is 1.90. The zero-order valence-electron chi connectivity index (χ0n) is 17.2. The van der Waals surface area contributed by atoms with Crippen molar-refractivity contribution in [2.75, 3.05) is 12.8 Å². The molecule has 0 saturated carbocycles. The highest BCUT2D eigenvalue weighted by molar-refractivity contribution is 6.33. The third-order valence-corrected chi connectivity index (χ3v) is 5.38. The Bertz CT molecular complexity index is 1360. The molecule has 0 aliphatic heterocycles. The molecule has 0 amide bonds. The molecule has 4 rings (SSSR count). The van der Waals surface area contributed by atoms with Gasteiger partial charge in [0.05, 0.1) is 25.9 Å². The lowest BCUT2D eigenvalue weighted by atomic mass is 10.1. The molecule has 0 aliphatic rings. The molecule has 160 valence electrons. The minimum Gasteiger partial charge on any atom is -0.496 e. The van der Waals surface area contributed by atoms with Crippen LogP contribution in [0.5, 0.6) is 5.75 Å². The van der Waals surface area contributed by atoms with E-state index in [1.165, 1.54) is 21.3 Å². The van der Waals surface area contributed by atoms with Gasteiger partial charge >= 0.3 is 5.69 Å². The highest BCUT2D eigenvalue weighted by Crippen LogP contribution is 2.26. The van der Waals surface area contributed by atoms with Gasteiger partial charge in [-0.2, -0.15) is 9.97 Å². The average molecular weight is 443 g/mol. The van der Waals surface area contributed by atoms with Crippen LogP contribution in [0, 0.1) is 19.7 Å². The normalized spacial score (nSPS) is 11.3. The topological polar surface area (TPSA) is 101 Å². The molecule has 31 heavy (non-hydrogen) atoms. The number of halogens is 2. The number of fused-ring (bicyclic) bond motifs is 1. The molecule has 2 N–H and O–H groups in total. The SMILES string of the molecule is COc1c(C)cnc(Cn2c(=O)n(Cc3cccc(F)c3)c3c(Cl)nc(N)nc32)c1C. The maximum atomic E-state index is 13.7. The van der Waals surface area contributed by atoms with Crippen molar-refractivity contribution in [3.8, 4) is 5.75 Å². The number of aromatic nitrogens is 5. The van der Waals surface area contributed by atoms with E-state index in [1.807, 2.05) is 13.8 Å². The van der Waals surface area contributed by atoms with Crippen molar-refractivity contribution in [3.05, 3.63) is 74.3 Å². The van der Waals surface area contributed by atoms with Crippen LogP contribution in [0.1, 0.15) is 22.4 Å². The van der Waals surface area contributed by atoms with E-state index in [2.05, 4.69) is 15.0 Å². The predicted octanol–water partition coefficient (Wildman–Crippen LogP) is 3.08. The van der Waals surface area contributed by atoms with E-state index in [4.69, 9.17) is 22.1 Å². The third-order valence-electron chi connectivity index (χ3n) is 5.12. The van der Waals surface area contributed by atoms with Crippen LogP contribution in [-0.2, 0) is 13.1 Å². The lowest BCUT2D eigenvalue weighted by Gasteiger charge is -2.12. The van der Waals surface area contributed by atoms with Crippen LogP contribution in [0.4, 0.5) is 10.3 Å². The van der Waals surface area contributed by atoms with Gasteiger partial charge in [0.15, 0.2) is 10.8 Å². The molecule has 0 fully saturated rings. The number of ether oxygens (including phenoxy) is 1. The number of rotatable bonds is 5. The van der Waals surface area contributed by atoms with Crippen LogP contribution in [0.2, 0.25) is 5.15 Å². The number of pyridine rings is 1. The summed E-state index contributed by atoms with van der Waals surface area (Å²) in [6, 6.07) is 6.00. The molecule has 0 bridgehead atoms. The molecule has 0 saturated heterocycles. The number of nitrogens with zero attached hydrogens (tertiary/aromatic N) is 5. The smallest absolute Gasteiger partial charge is 0.331 e. The second-order valence-electron chi connectivity index (χ2n) is 7.18. The van der Waals surface area contributed by atoms with E-state index < -0.39 is 5.82 Å². The number of nitrogen functional groups attached to an aromatic ring is 1. The van der Waals surface area contributed by atoms with Crippen molar-refractivity contribution < 1.29 is 9.13 Å². The maximum absolute atomic E-state index is 13.7. The molecule has 10 heteroatoms. The number of methoxy groups -OCH3 is 1. The predicted molar refractivity (Wildman–Crippen MR) is 116 cm³/mol. The van der Waals surface area contributed by atoms with Crippen LogP contribution in [0.3, 0.4) is 0 Å². The van der Waals surface area contributed by atoms with Gasteiger partial charge in [0, 0.05) is 17.3 Å². The summed E-state index contributed by atoms with van der Waals surface area (Å²) in [5.41, 5.74) is 8.95. The molecule has 3 aromatic heterocycles. The van der Waals surface area contributed by atoms with E-state index in [1.54, 1.807) is 25.4 Å². The van der Waals surface area contributed by atoms with E-state index in [-0.39, 0.29) is 35.5 Å². The van der Waals surface area contributed by atoms with Gasteiger partial charge in [0.1, 0.15) is 17.1 Å². The standard InChI is InChI=1S/C21H20ClFN6O2/c1-11-8-25-15(12(2)17(11)31-3)10-29-19-16(18(22)26-20(24)27-19)28(21(29)30)9-13-5-4-6-14(23)7-13/h4-8H,9-10H2,1-3H3,(H2,24,26,27). The quantitative estimate of drug-likeness (QED) is 0.477. The highest BCUT2D eigenvalue weighted by Gasteiger charge is 2.21. The number of imidazole rings is 1. The van der Waals surface area contributed by atoms with Gasteiger partial charge in [-0.15, -0.1) is 0 Å². The Morgan fingerprint density at radius 2 is 1.97 bits per heavy atom. The van der Waals surface area contributed by atoms with Crippen LogP contribution in [-0.4, -0.2) is 31.2 Å². The number of hydrogen-bond donors (Lipinski definition) is 1. The number of benzene rings is 1. The molecular formula is C21H20ClFN6O2. The Labute approximate surface area is 182 Å². The first-order valence-corrected chi connectivity index (χ1v) is 9.83. The largest absolute Gasteiger partial charge is 0.496 e. The molecule has 0 spiro atoms. The molecule has 4 aromatic rings. The first-order chi connectivity index (χ1) is 14.8. The molecule has 8 nitrogen and oxygen atoms in total. The highest BCUT2D eigenvalue weighted by atomic mass is 35.5. The number of aryl methyl sites for hydroxylation is 1. The Hall–Kier alpha value is -3.46. The fraction of sp³-hybridized carbons (Fsp3) is 0.238. The number of nitrogens with two attached hydrogens (primary N) is 1. The zero-order valence-corrected chi connectivity index (χ0v) is 17.9. The van der Waals surface area contributed by atoms with Crippen LogP contribution in [0.25, 0.3) is 11.2 Å². The number of hydrogen-bond acceptors (Lipinski definition) is 6. The summed E-state index contributed by atoms with van der Waals surface area (Å²) >= 11 is 6.34. The fourth-order valence-corrected chi connectivity index (χ4v) is 3.94. The van der Waals surface area contributed by atoms with Crippen LogP contribution in [0.15, 0.2) is 35.3 Å². The van der Waals surface area contributed by atoms with E-state index in [0.29, 0.717) is 22.5 Å².